The van der Waals surface area contributed by atoms with Gasteiger partial charge in [0.15, 0.2) is 5.13 Å². The Bertz CT molecular complexity index is 818. The lowest BCUT2D eigenvalue weighted by atomic mass is 10.2. The van der Waals surface area contributed by atoms with Crippen molar-refractivity contribution in [3.05, 3.63) is 40.4 Å². The van der Waals surface area contributed by atoms with Gasteiger partial charge in [0.1, 0.15) is 0 Å². The van der Waals surface area contributed by atoms with E-state index in [-0.39, 0.29) is 16.8 Å². The number of carbonyl (C=O) groups is 1. The number of thiazole rings is 1. The van der Waals surface area contributed by atoms with E-state index in [0.717, 1.165) is 23.4 Å². The van der Waals surface area contributed by atoms with Crippen molar-refractivity contribution in [2.24, 2.45) is 0 Å². The van der Waals surface area contributed by atoms with Crippen LogP contribution in [-0.4, -0.2) is 25.4 Å². The molecule has 2 aromatic rings. The van der Waals surface area contributed by atoms with E-state index >= 15 is 0 Å². The van der Waals surface area contributed by atoms with Crippen LogP contribution in [-0.2, 0) is 10.0 Å². The van der Waals surface area contributed by atoms with E-state index in [1.165, 1.54) is 35.6 Å². The van der Waals surface area contributed by atoms with Crippen LogP contribution in [0.1, 0.15) is 33.8 Å². The fourth-order valence-corrected chi connectivity index (χ4v) is 4.08. The zero-order chi connectivity index (χ0) is 16.6. The molecule has 0 unspecified atom stereocenters. The summed E-state index contributed by atoms with van der Waals surface area (Å²) >= 11 is 1.41. The number of nitrogens with zero attached hydrogens (tertiary/aromatic N) is 1. The van der Waals surface area contributed by atoms with Gasteiger partial charge in [-0.25, -0.2) is 18.1 Å². The van der Waals surface area contributed by atoms with E-state index in [0.29, 0.717) is 10.7 Å². The predicted octanol–water partition coefficient (Wildman–Crippen LogP) is 2.45. The minimum Gasteiger partial charge on any atom is -0.298 e. The molecular formula is C15H17N3O3S2. The van der Waals surface area contributed by atoms with Gasteiger partial charge in [-0.3, -0.25) is 10.1 Å². The smallest absolute Gasteiger partial charge is 0.257 e. The molecule has 0 spiro atoms. The molecule has 0 atom stereocenters. The van der Waals surface area contributed by atoms with E-state index in [4.69, 9.17) is 0 Å². The molecule has 0 bridgehead atoms. The van der Waals surface area contributed by atoms with E-state index in [1.54, 1.807) is 0 Å². The average molecular weight is 351 g/mol. The van der Waals surface area contributed by atoms with Crippen molar-refractivity contribution in [2.45, 2.75) is 37.6 Å². The lowest BCUT2D eigenvalue weighted by Crippen LogP contribution is -2.25. The summed E-state index contributed by atoms with van der Waals surface area (Å²) < 4.78 is 26.8. The standard InChI is InChI=1S/C15H17N3O3S2/c1-9-10(2)22-15(16-9)17-14(19)11-3-7-13(8-4-11)23(20,21)18-12-5-6-12/h3-4,7-8,12,18H,5-6H2,1-2H3,(H,16,17,19). The fraction of sp³-hybridized carbons (Fsp3) is 0.333. The monoisotopic (exact) mass is 351 g/mol. The van der Waals surface area contributed by atoms with E-state index < -0.39 is 10.0 Å². The van der Waals surface area contributed by atoms with Gasteiger partial charge < -0.3 is 0 Å². The molecule has 2 N–H and O–H groups in total. The first-order chi connectivity index (χ1) is 10.8. The van der Waals surface area contributed by atoms with E-state index in [1.807, 2.05) is 13.8 Å². The van der Waals surface area contributed by atoms with Gasteiger partial charge in [0.2, 0.25) is 10.0 Å². The van der Waals surface area contributed by atoms with Crippen molar-refractivity contribution in [3.8, 4) is 0 Å². The maximum absolute atomic E-state index is 12.2. The number of sulfonamides is 1. The first kappa shape index (κ1) is 16.1. The largest absolute Gasteiger partial charge is 0.298 e. The normalized spacial score (nSPS) is 14.7. The Morgan fingerprint density at radius 3 is 2.39 bits per heavy atom. The summed E-state index contributed by atoms with van der Waals surface area (Å²) in [5.41, 5.74) is 1.28. The molecule has 122 valence electrons. The Hall–Kier alpha value is -1.77. The third-order valence-corrected chi connectivity index (χ3v) is 6.10. The van der Waals surface area contributed by atoms with Crippen LogP contribution in [0.3, 0.4) is 0 Å². The van der Waals surface area contributed by atoms with Crippen LogP contribution >= 0.6 is 11.3 Å². The molecule has 1 heterocycles. The molecule has 6 nitrogen and oxygen atoms in total. The second kappa shape index (κ2) is 6.03. The van der Waals surface area contributed by atoms with Crippen LogP contribution in [0, 0.1) is 13.8 Å². The van der Waals surface area contributed by atoms with Gasteiger partial charge >= 0.3 is 0 Å². The highest BCUT2D eigenvalue weighted by Gasteiger charge is 2.28. The summed E-state index contributed by atoms with van der Waals surface area (Å²) in [5.74, 6) is -0.308. The zero-order valence-electron chi connectivity index (χ0n) is 12.8. The number of hydrogen-bond acceptors (Lipinski definition) is 5. The fourth-order valence-electron chi connectivity index (χ4n) is 1.97. The highest BCUT2D eigenvalue weighted by Crippen LogP contribution is 2.23. The Morgan fingerprint density at radius 1 is 1.22 bits per heavy atom. The molecular weight excluding hydrogens is 334 g/mol. The molecule has 1 aliphatic rings. The highest BCUT2D eigenvalue weighted by atomic mass is 32.2. The summed E-state index contributed by atoms with van der Waals surface area (Å²) in [5, 5.41) is 3.26. The average Bonchev–Trinajstić information content (AvgIpc) is 3.24. The second-order valence-corrected chi connectivity index (χ2v) is 8.45. The van der Waals surface area contributed by atoms with Crippen molar-refractivity contribution in [1.29, 1.82) is 0 Å². The molecule has 0 radical (unpaired) electrons. The summed E-state index contributed by atoms with van der Waals surface area (Å²) in [6.45, 7) is 3.82. The van der Waals surface area contributed by atoms with Crippen molar-refractivity contribution in [1.82, 2.24) is 9.71 Å². The molecule has 0 aliphatic heterocycles. The van der Waals surface area contributed by atoms with Crippen LogP contribution in [0.2, 0.25) is 0 Å². The molecule has 3 rings (SSSR count). The minimum atomic E-state index is -3.49. The molecule has 1 amide bonds. The van der Waals surface area contributed by atoms with Crippen molar-refractivity contribution in [3.63, 3.8) is 0 Å². The van der Waals surface area contributed by atoms with Crippen molar-refractivity contribution >= 4 is 32.4 Å². The number of hydrogen-bond donors (Lipinski definition) is 2. The van der Waals surface area contributed by atoms with Gasteiger partial charge in [-0.15, -0.1) is 11.3 Å². The maximum atomic E-state index is 12.2. The number of aromatic nitrogens is 1. The summed E-state index contributed by atoms with van der Waals surface area (Å²) in [7, 11) is -3.49. The number of nitrogens with one attached hydrogen (secondary N) is 2. The quantitative estimate of drug-likeness (QED) is 0.866. The third kappa shape index (κ3) is 3.77. The molecule has 0 saturated heterocycles. The van der Waals surface area contributed by atoms with E-state index in [2.05, 4.69) is 15.0 Å². The van der Waals surface area contributed by atoms with Gasteiger partial charge in [0.25, 0.3) is 5.91 Å². The topological polar surface area (TPSA) is 88.2 Å². The van der Waals surface area contributed by atoms with E-state index in [9.17, 15) is 13.2 Å². The molecule has 1 fully saturated rings. The van der Waals surface area contributed by atoms with Crippen molar-refractivity contribution in [2.75, 3.05) is 5.32 Å². The molecule has 1 aromatic carbocycles. The maximum Gasteiger partial charge on any atom is 0.257 e. The second-order valence-electron chi connectivity index (χ2n) is 5.53. The number of anilines is 1. The Labute approximate surface area is 139 Å². The zero-order valence-corrected chi connectivity index (χ0v) is 14.4. The Balaban J connectivity index is 1.72. The minimum absolute atomic E-state index is 0.0550. The SMILES string of the molecule is Cc1nc(NC(=O)c2ccc(S(=O)(=O)NC3CC3)cc2)sc1C. The summed E-state index contributed by atoms with van der Waals surface area (Å²) in [6, 6.07) is 5.95. The number of benzene rings is 1. The molecule has 1 aromatic heterocycles. The number of rotatable bonds is 5. The Kier molecular flexibility index (Phi) is 4.22. The van der Waals surface area contributed by atoms with Gasteiger partial charge in [0, 0.05) is 16.5 Å². The highest BCUT2D eigenvalue weighted by molar-refractivity contribution is 7.89. The Morgan fingerprint density at radius 2 is 1.87 bits per heavy atom. The van der Waals surface area contributed by atoms with Gasteiger partial charge in [-0.2, -0.15) is 0 Å². The number of aryl methyl sites for hydroxylation is 2. The molecule has 23 heavy (non-hydrogen) atoms. The van der Waals surface area contributed by atoms with Gasteiger partial charge in [-0.1, -0.05) is 0 Å². The summed E-state index contributed by atoms with van der Waals surface area (Å²) in [6.07, 6.45) is 1.76. The summed E-state index contributed by atoms with van der Waals surface area (Å²) in [4.78, 5) is 17.6. The molecule has 8 heteroatoms. The van der Waals surface area contributed by atoms with Crippen LogP contribution in [0.5, 0.6) is 0 Å². The van der Waals surface area contributed by atoms with Gasteiger partial charge in [-0.05, 0) is 51.0 Å². The number of amides is 1. The molecule has 1 saturated carbocycles. The lowest BCUT2D eigenvalue weighted by molar-refractivity contribution is 0.102. The molecule has 1 aliphatic carbocycles. The van der Waals surface area contributed by atoms with Crippen LogP contribution in [0.25, 0.3) is 0 Å². The predicted molar refractivity (Wildman–Crippen MR) is 89.3 cm³/mol. The van der Waals surface area contributed by atoms with Crippen molar-refractivity contribution < 1.29 is 13.2 Å². The van der Waals surface area contributed by atoms with Crippen LogP contribution in [0.15, 0.2) is 29.2 Å². The lowest BCUT2D eigenvalue weighted by Gasteiger charge is -2.06. The van der Waals surface area contributed by atoms with Gasteiger partial charge in [0.05, 0.1) is 10.6 Å². The van der Waals surface area contributed by atoms with Crippen LogP contribution < -0.4 is 10.0 Å². The number of carbonyl (C=O) groups excluding carboxylic acids is 1. The first-order valence-corrected chi connectivity index (χ1v) is 9.53. The van der Waals surface area contributed by atoms with Crippen LogP contribution in [0.4, 0.5) is 5.13 Å². The third-order valence-electron chi connectivity index (χ3n) is 3.57. The first-order valence-electron chi connectivity index (χ1n) is 7.23.